The minimum Gasteiger partial charge on any atom is -0.388 e. The van der Waals surface area contributed by atoms with E-state index in [0.29, 0.717) is 50.9 Å². The van der Waals surface area contributed by atoms with Gasteiger partial charge in [0.25, 0.3) is 0 Å². The molecule has 0 aromatic carbocycles. The Balaban J connectivity index is 2.31. The van der Waals surface area contributed by atoms with Crippen LogP contribution in [0.5, 0.6) is 0 Å². The monoisotopic (exact) mass is 257 g/mol. The number of ether oxygens (including phenoxy) is 1. The summed E-state index contributed by atoms with van der Waals surface area (Å²) in [5.41, 5.74) is -0.770. The highest BCUT2D eigenvalue weighted by Gasteiger charge is 2.30. The summed E-state index contributed by atoms with van der Waals surface area (Å²) < 4.78 is 5.21. The molecular weight excluding hydrogens is 230 g/mol. The highest BCUT2D eigenvalue weighted by molar-refractivity contribution is 5.76. The van der Waals surface area contributed by atoms with Gasteiger partial charge in [0.2, 0.25) is 5.91 Å². The van der Waals surface area contributed by atoms with Crippen LogP contribution in [0.1, 0.15) is 46.5 Å². The third-order valence-corrected chi connectivity index (χ3v) is 3.95. The molecule has 0 saturated carbocycles. The Bertz CT molecular complexity index is 260. The van der Waals surface area contributed by atoms with E-state index in [0.717, 1.165) is 6.42 Å². The zero-order valence-electron chi connectivity index (χ0n) is 11.9. The molecule has 1 aliphatic rings. The molecule has 1 fully saturated rings. The maximum Gasteiger partial charge on any atom is 0.220 e. The first kappa shape index (κ1) is 15.4. The Morgan fingerprint density at radius 3 is 2.50 bits per heavy atom. The molecular formula is C14H27NO3. The van der Waals surface area contributed by atoms with E-state index >= 15 is 0 Å². The number of hydrogen-bond acceptors (Lipinski definition) is 3. The lowest BCUT2D eigenvalue weighted by atomic mass is 9.89. The number of carbonyl (C=O) groups excluding carboxylic acids is 1. The maximum absolute atomic E-state index is 11.8. The lowest BCUT2D eigenvalue weighted by Crippen LogP contribution is -2.46. The van der Waals surface area contributed by atoms with Crippen molar-refractivity contribution in [2.24, 2.45) is 11.8 Å². The van der Waals surface area contributed by atoms with Crippen LogP contribution in [0.4, 0.5) is 0 Å². The van der Waals surface area contributed by atoms with Gasteiger partial charge in [0.1, 0.15) is 0 Å². The normalized spacial score (nSPS) is 20.7. The van der Waals surface area contributed by atoms with E-state index in [2.05, 4.69) is 26.1 Å². The van der Waals surface area contributed by atoms with Crippen molar-refractivity contribution >= 4 is 5.91 Å². The Labute approximate surface area is 110 Å². The van der Waals surface area contributed by atoms with Crippen LogP contribution >= 0.6 is 0 Å². The largest absolute Gasteiger partial charge is 0.388 e. The standard InChI is InChI=1S/C14H27NO3/c1-4-12(11(2)3)9-13(16)15-10-14(17)5-7-18-8-6-14/h11-12,17H,4-10H2,1-3H3,(H,15,16). The summed E-state index contributed by atoms with van der Waals surface area (Å²) in [6.45, 7) is 7.92. The average molecular weight is 257 g/mol. The van der Waals surface area contributed by atoms with Crippen LogP contribution in [0.3, 0.4) is 0 Å². The molecule has 1 atom stereocenters. The third kappa shape index (κ3) is 4.94. The quantitative estimate of drug-likeness (QED) is 0.761. The number of amides is 1. The minimum atomic E-state index is -0.770. The van der Waals surface area contributed by atoms with Gasteiger partial charge in [-0.25, -0.2) is 0 Å². The van der Waals surface area contributed by atoms with Crippen LogP contribution in [0.15, 0.2) is 0 Å². The molecule has 106 valence electrons. The zero-order chi connectivity index (χ0) is 13.6. The fourth-order valence-electron chi connectivity index (χ4n) is 2.35. The van der Waals surface area contributed by atoms with Gasteiger partial charge in [-0.15, -0.1) is 0 Å². The summed E-state index contributed by atoms with van der Waals surface area (Å²) in [5.74, 6) is 0.997. The Morgan fingerprint density at radius 2 is 2.00 bits per heavy atom. The van der Waals surface area contributed by atoms with Crippen LogP contribution < -0.4 is 5.32 Å². The average Bonchev–Trinajstić information content (AvgIpc) is 2.34. The zero-order valence-corrected chi connectivity index (χ0v) is 11.9. The molecule has 0 aliphatic carbocycles. The van der Waals surface area contributed by atoms with Gasteiger partial charge in [-0.1, -0.05) is 27.2 Å². The summed E-state index contributed by atoms with van der Waals surface area (Å²) in [5, 5.41) is 13.1. The van der Waals surface area contributed by atoms with Crippen LogP contribution in [-0.2, 0) is 9.53 Å². The van der Waals surface area contributed by atoms with E-state index in [9.17, 15) is 9.90 Å². The van der Waals surface area contributed by atoms with Crippen molar-refractivity contribution < 1.29 is 14.6 Å². The number of rotatable bonds is 6. The van der Waals surface area contributed by atoms with Crippen molar-refractivity contribution in [1.29, 1.82) is 0 Å². The van der Waals surface area contributed by atoms with E-state index in [4.69, 9.17) is 4.74 Å². The molecule has 4 nitrogen and oxygen atoms in total. The molecule has 1 amide bonds. The molecule has 1 unspecified atom stereocenters. The molecule has 1 rings (SSSR count). The van der Waals surface area contributed by atoms with Gasteiger partial charge in [-0.05, 0) is 11.8 Å². The SMILES string of the molecule is CCC(CC(=O)NCC1(O)CCOCC1)C(C)C. The molecule has 0 radical (unpaired) electrons. The predicted octanol–water partition coefficient (Wildman–Crippen LogP) is 1.72. The summed E-state index contributed by atoms with van der Waals surface area (Å²) in [7, 11) is 0. The Hall–Kier alpha value is -0.610. The number of aliphatic hydroxyl groups is 1. The molecule has 1 saturated heterocycles. The van der Waals surface area contributed by atoms with E-state index < -0.39 is 5.60 Å². The van der Waals surface area contributed by atoms with E-state index in [1.54, 1.807) is 0 Å². The lowest BCUT2D eigenvalue weighted by Gasteiger charge is -2.32. The van der Waals surface area contributed by atoms with E-state index in [1.807, 2.05) is 0 Å². The van der Waals surface area contributed by atoms with Crippen molar-refractivity contribution in [3.63, 3.8) is 0 Å². The molecule has 4 heteroatoms. The summed E-state index contributed by atoms with van der Waals surface area (Å²) >= 11 is 0. The molecule has 0 aromatic rings. The minimum absolute atomic E-state index is 0.0514. The van der Waals surface area contributed by atoms with E-state index in [-0.39, 0.29) is 5.91 Å². The van der Waals surface area contributed by atoms with Crippen LogP contribution in [0.25, 0.3) is 0 Å². The van der Waals surface area contributed by atoms with Crippen LogP contribution in [0.2, 0.25) is 0 Å². The lowest BCUT2D eigenvalue weighted by molar-refractivity contribution is -0.125. The molecule has 0 spiro atoms. The fraction of sp³-hybridized carbons (Fsp3) is 0.929. The number of carbonyl (C=O) groups is 1. The van der Waals surface area contributed by atoms with E-state index in [1.165, 1.54) is 0 Å². The highest BCUT2D eigenvalue weighted by Crippen LogP contribution is 2.21. The first-order valence-electron chi connectivity index (χ1n) is 7.03. The van der Waals surface area contributed by atoms with Gasteiger partial charge < -0.3 is 15.2 Å². The Morgan fingerprint density at radius 1 is 1.39 bits per heavy atom. The maximum atomic E-state index is 11.8. The number of hydrogen-bond donors (Lipinski definition) is 2. The van der Waals surface area contributed by atoms with Crippen molar-refractivity contribution in [1.82, 2.24) is 5.32 Å². The molecule has 0 bridgehead atoms. The molecule has 1 aliphatic heterocycles. The highest BCUT2D eigenvalue weighted by atomic mass is 16.5. The van der Waals surface area contributed by atoms with Gasteiger partial charge in [0.05, 0.1) is 5.60 Å². The molecule has 18 heavy (non-hydrogen) atoms. The van der Waals surface area contributed by atoms with Crippen molar-refractivity contribution in [3.8, 4) is 0 Å². The predicted molar refractivity (Wildman–Crippen MR) is 71.2 cm³/mol. The fourth-order valence-corrected chi connectivity index (χ4v) is 2.35. The smallest absolute Gasteiger partial charge is 0.220 e. The van der Waals surface area contributed by atoms with Gasteiger partial charge in [0.15, 0.2) is 0 Å². The third-order valence-electron chi connectivity index (χ3n) is 3.95. The molecule has 1 heterocycles. The van der Waals surface area contributed by atoms with Crippen LogP contribution in [0, 0.1) is 11.8 Å². The van der Waals surface area contributed by atoms with Crippen molar-refractivity contribution in [2.75, 3.05) is 19.8 Å². The summed E-state index contributed by atoms with van der Waals surface area (Å²) in [6.07, 6.45) is 2.78. The van der Waals surface area contributed by atoms with Gasteiger partial charge in [-0.3, -0.25) is 4.79 Å². The second kappa shape index (κ2) is 7.10. The first-order chi connectivity index (χ1) is 8.47. The number of nitrogens with one attached hydrogen (secondary N) is 1. The van der Waals surface area contributed by atoms with Gasteiger partial charge in [-0.2, -0.15) is 0 Å². The van der Waals surface area contributed by atoms with Crippen molar-refractivity contribution in [2.45, 2.75) is 52.1 Å². The van der Waals surface area contributed by atoms with Gasteiger partial charge >= 0.3 is 0 Å². The summed E-state index contributed by atoms with van der Waals surface area (Å²) in [4.78, 5) is 11.8. The van der Waals surface area contributed by atoms with Crippen molar-refractivity contribution in [3.05, 3.63) is 0 Å². The first-order valence-corrected chi connectivity index (χ1v) is 7.03. The second-order valence-electron chi connectivity index (χ2n) is 5.73. The summed E-state index contributed by atoms with van der Waals surface area (Å²) in [6, 6.07) is 0. The second-order valence-corrected chi connectivity index (χ2v) is 5.73. The van der Waals surface area contributed by atoms with Crippen LogP contribution in [-0.4, -0.2) is 36.4 Å². The van der Waals surface area contributed by atoms with Gasteiger partial charge in [0, 0.05) is 39.0 Å². The topological polar surface area (TPSA) is 58.6 Å². The Kier molecular flexibility index (Phi) is 6.09. The molecule has 2 N–H and O–H groups in total. The molecule has 0 aromatic heterocycles.